The Morgan fingerprint density at radius 3 is 2.65 bits per heavy atom. The molecule has 0 aliphatic heterocycles. The number of nitrogens with zero attached hydrogens (tertiary/aromatic N) is 1. The van der Waals surface area contributed by atoms with E-state index in [1.165, 1.54) is 0 Å². The van der Waals surface area contributed by atoms with E-state index in [9.17, 15) is 18.4 Å². The van der Waals surface area contributed by atoms with Gasteiger partial charge >= 0.3 is 5.97 Å². The van der Waals surface area contributed by atoms with Crippen molar-refractivity contribution >= 4 is 12.4 Å². The molecule has 92 valence electrons. The molecule has 4 nitrogen and oxygen atoms in total. The highest BCUT2D eigenvalue weighted by Crippen LogP contribution is 2.23. The second-order valence-electron chi connectivity index (χ2n) is 3.34. The third-order valence-corrected chi connectivity index (χ3v) is 2.32. The average Bonchev–Trinajstić information content (AvgIpc) is 2.29. The van der Waals surface area contributed by atoms with E-state index in [1.54, 1.807) is 6.92 Å². The van der Waals surface area contributed by atoms with Crippen molar-refractivity contribution in [3.8, 4) is 0 Å². The summed E-state index contributed by atoms with van der Waals surface area (Å²) in [7, 11) is 0. The first-order valence-corrected chi connectivity index (χ1v) is 4.90. The Labute approximate surface area is 96.5 Å². The van der Waals surface area contributed by atoms with Gasteiger partial charge in [0, 0.05) is 12.1 Å². The summed E-state index contributed by atoms with van der Waals surface area (Å²) in [6, 6.07) is 0.974. The van der Waals surface area contributed by atoms with Crippen LogP contribution in [-0.2, 0) is 9.59 Å². The van der Waals surface area contributed by atoms with E-state index in [0.29, 0.717) is 6.41 Å². The van der Waals surface area contributed by atoms with Gasteiger partial charge in [-0.3, -0.25) is 4.79 Å². The number of carboxylic acid groups (broad SMARTS) is 1. The molecule has 0 heterocycles. The SMILES string of the molecule is CCN(C=O)C(C(=O)O)c1cc(F)ccc1F. The third kappa shape index (κ3) is 2.77. The molecular formula is C11H11F2NO3. The fraction of sp³-hybridized carbons (Fsp3) is 0.273. The predicted molar refractivity (Wildman–Crippen MR) is 55.2 cm³/mol. The van der Waals surface area contributed by atoms with Crippen LogP contribution in [0.2, 0.25) is 0 Å². The second-order valence-corrected chi connectivity index (χ2v) is 3.34. The van der Waals surface area contributed by atoms with Crippen LogP contribution in [0.25, 0.3) is 0 Å². The number of aliphatic carboxylic acids is 1. The van der Waals surface area contributed by atoms with Crippen molar-refractivity contribution < 1.29 is 23.5 Å². The molecule has 6 heteroatoms. The molecule has 0 aliphatic rings. The van der Waals surface area contributed by atoms with Crippen LogP contribution in [0.5, 0.6) is 0 Å². The van der Waals surface area contributed by atoms with Crippen LogP contribution in [0.3, 0.4) is 0 Å². The van der Waals surface area contributed by atoms with Gasteiger partial charge in [-0.25, -0.2) is 13.6 Å². The molecule has 0 radical (unpaired) electrons. The highest BCUT2D eigenvalue weighted by atomic mass is 19.1. The lowest BCUT2D eigenvalue weighted by Gasteiger charge is -2.24. The molecule has 0 bridgehead atoms. The zero-order valence-corrected chi connectivity index (χ0v) is 9.06. The summed E-state index contributed by atoms with van der Waals surface area (Å²) in [4.78, 5) is 22.6. The third-order valence-electron chi connectivity index (χ3n) is 2.32. The van der Waals surface area contributed by atoms with Gasteiger partial charge in [0.25, 0.3) is 0 Å². The van der Waals surface area contributed by atoms with Crippen molar-refractivity contribution in [1.82, 2.24) is 4.90 Å². The molecule has 1 amide bonds. The van der Waals surface area contributed by atoms with Crippen molar-refractivity contribution in [2.75, 3.05) is 6.54 Å². The summed E-state index contributed by atoms with van der Waals surface area (Å²) in [6.45, 7) is 1.62. The Bertz CT molecular complexity index is 437. The van der Waals surface area contributed by atoms with E-state index in [4.69, 9.17) is 5.11 Å². The number of hydrogen-bond acceptors (Lipinski definition) is 2. The van der Waals surface area contributed by atoms with Gasteiger partial charge in [0.1, 0.15) is 11.6 Å². The Morgan fingerprint density at radius 2 is 2.18 bits per heavy atom. The minimum atomic E-state index is -1.52. The summed E-state index contributed by atoms with van der Waals surface area (Å²) in [5.74, 6) is -3.03. The maximum absolute atomic E-state index is 13.4. The lowest BCUT2D eigenvalue weighted by Crippen LogP contribution is -2.33. The molecule has 0 aliphatic carbocycles. The number of likely N-dealkylation sites (N-methyl/N-ethyl adjacent to an activating group) is 1. The van der Waals surface area contributed by atoms with Crippen LogP contribution in [0, 0.1) is 11.6 Å². The van der Waals surface area contributed by atoms with E-state index in [-0.39, 0.29) is 12.1 Å². The van der Waals surface area contributed by atoms with Gasteiger partial charge in [-0.05, 0) is 25.1 Å². The fourth-order valence-electron chi connectivity index (χ4n) is 1.50. The van der Waals surface area contributed by atoms with E-state index in [1.807, 2.05) is 0 Å². The standard InChI is InChI=1S/C11H11F2NO3/c1-2-14(6-15)10(11(16)17)8-5-7(12)3-4-9(8)13/h3-6,10H,2H2,1H3,(H,16,17). The Hall–Kier alpha value is -1.98. The first-order chi connectivity index (χ1) is 8.01. The van der Waals surface area contributed by atoms with Crippen molar-refractivity contribution in [3.63, 3.8) is 0 Å². The second kappa shape index (κ2) is 5.38. The summed E-state index contributed by atoms with van der Waals surface area (Å²) in [5.41, 5.74) is -0.369. The lowest BCUT2D eigenvalue weighted by atomic mass is 10.0. The van der Waals surface area contributed by atoms with Crippen LogP contribution in [0.15, 0.2) is 18.2 Å². The smallest absolute Gasteiger partial charge is 0.331 e. The monoisotopic (exact) mass is 243 g/mol. The van der Waals surface area contributed by atoms with Crippen molar-refractivity contribution in [2.45, 2.75) is 13.0 Å². The van der Waals surface area contributed by atoms with E-state index in [2.05, 4.69) is 0 Å². The van der Waals surface area contributed by atoms with Crippen LogP contribution < -0.4 is 0 Å². The topological polar surface area (TPSA) is 57.6 Å². The first kappa shape index (κ1) is 13.1. The van der Waals surface area contributed by atoms with E-state index in [0.717, 1.165) is 23.1 Å². The number of hydrogen-bond donors (Lipinski definition) is 1. The summed E-state index contributed by atoms with van der Waals surface area (Å²) >= 11 is 0. The highest BCUT2D eigenvalue weighted by Gasteiger charge is 2.28. The van der Waals surface area contributed by atoms with E-state index < -0.39 is 23.6 Å². The minimum Gasteiger partial charge on any atom is -0.479 e. The highest BCUT2D eigenvalue weighted by molar-refractivity contribution is 5.78. The lowest BCUT2D eigenvalue weighted by molar-refractivity contribution is -0.146. The molecule has 1 N–H and O–H groups in total. The summed E-state index contributed by atoms with van der Waals surface area (Å²) < 4.78 is 26.4. The normalized spacial score (nSPS) is 11.9. The van der Waals surface area contributed by atoms with Gasteiger partial charge in [-0.15, -0.1) is 0 Å². The zero-order chi connectivity index (χ0) is 13.0. The predicted octanol–water partition coefficient (Wildman–Crippen LogP) is 1.57. The van der Waals surface area contributed by atoms with Crippen molar-refractivity contribution in [1.29, 1.82) is 0 Å². The number of carbonyl (C=O) groups excluding carboxylic acids is 1. The van der Waals surface area contributed by atoms with Gasteiger partial charge in [0.2, 0.25) is 6.41 Å². The largest absolute Gasteiger partial charge is 0.479 e. The maximum atomic E-state index is 13.4. The molecule has 1 rings (SSSR count). The minimum absolute atomic E-state index is 0.0798. The number of halogens is 2. The zero-order valence-electron chi connectivity index (χ0n) is 9.06. The molecule has 0 fully saturated rings. The van der Waals surface area contributed by atoms with Gasteiger partial charge in [0.05, 0.1) is 0 Å². The summed E-state index contributed by atoms with van der Waals surface area (Å²) in [6.07, 6.45) is 0.295. The Kier molecular flexibility index (Phi) is 4.14. The molecule has 1 aromatic rings. The number of carboxylic acids is 1. The number of benzene rings is 1. The molecule has 0 spiro atoms. The average molecular weight is 243 g/mol. The van der Waals surface area contributed by atoms with Crippen LogP contribution >= 0.6 is 0 Å². The number of amides is 1. The molecule has 0 saturated heterocycles. The maximum Gasteiger partial charge on any atom is 0.331 e. The molecule has 0 aromatic heterocycles. The Morgan fingerprint density at radius 1 is 1.53 bits per heavy atom. The fourth-order valence-corrected chi connectivity index (χ4v) is 1.50. The molecular weight excluding hydrogens is 232 g/mol. The van der Waals surface area contributed by atoms with Crippen LogP contribution in [-0.4, -0.2) is 28.9 Å². The molecule has 17 heavy (non-hydrogen) atoms. The Balaban J connectivity index is 3.26. The quantitative estimate of drug-likeness (QED) is 0.798. The van der Waals surface area contributed by atoms with Gasteiger partial charge in [0.15, 0.2) is 6.04 Å². The molecule has 1 unspecified atom stereocenters. The van der Waals surface area contributed by atoms with Crippen molar-refractivity contribution in [3.05, 3.63) is 35.4 Å². The van der Waals surface area contributed by atoms with Crippen LogP contribution in [0.4, 0.5) is 8.78 Å². The number of carbonyl (C=O) groups is 2. The molecule has 1 aromatic carbocycles. The van der Waals surface area contributed by atoms with Crippen LogP contribution in [0.1, 0.15) is 18.5 Å². The molecule has 0 saturated carbocycles. The molecule has 1 atom stereocenters. The van der Waals surface area contributed by atoms with Gasteiger partial charge in [-0.2, -0.15) is 0 Å². The van der Waals surface area contributed by atoms with Gasteiger partial charge in [-0.1, -0.05) is 0 Å². The number of rotatable bonds is 5. The van der Waals surface area contributed by atoms with E-state index >= 15 is 0 Å². The summed E-state index contributed by atoms with van der Waals surface area (Å²) in [5, 5.41) is 8.98. The van der Waals surface area contributed by atoms with Gasteiger partial charge < -0.3 is 10.0 Å². The first-order valence-electron chi connectivity index (χ1n) is 4.90. The van der Waals surface area contributed by atoms with Crippen molar-refractivity contribution in [2.24, 2.45) is 0 Å².